The number of unbranched alkanes of at least 4 members (excludes halogenated alkanes) is 9. The van der Waals surface area contributed by atoms with Gasteiger partial charge in [0, 0.05) is 38.6 Å². The van der Waals surface area contributed by atoms with Gasteiger partial charge in [-0.2, -0.15) is 4.33 Å². The van der Waals surface area contributed by atoms with Crippen LogP contribution in [0.15, 0.2) is 143 Å². The fourth-order valence-corrected chi connectivity index (χ4v) is 10.5. The number of hydrogen-bond acceptors (Lipinski definition) is 13. The Labute approximate surface area is 548 Å². The molecule has 0 spiro atoms. The van der Waals surface area contributed by atoms with E-state index in [1.807, 2.05) is 6.07 Å². The standard InChI is InChI=1S/C66H77N3O12S2.2Na/c1-8-11-12-13-14-15-16-17-18-19-20-60(79-59-34-27-52(65(4,5)9-2)42-58(59)66(6,7)10-3)63(72)67-53-28-21-44(22-29-53)43-78-64(73)51-36-49(61(70)68-54-30-23-47-40-56(82-81-80-74)32-25-45(47)38-54)35-50(37-51)62(71)69-55-31-24-48-41-57(83(75,76)77)33-26-46(48)39-55;;/h21-42,60,74H,8-20,43H2,1-7H3,(H,67,72)(H,68,70)(H,69,71)(H,75,76,77);;/q;2*+1/p-2. The molecule has 0 saturated heterocycles. The Morgan fingerprint density at radius 3 is 1.65 bits per heavy atom. The summed E-state index contributed by atoms with van der Waals surface area (Å²) >= 11 is 0.746. The number of nitrogens with one attached hydrogen (secondary N) is 3. The van der Waals surface area contributed by atoms with Gasteiger partial charge in [0.1, 0.15) is 22.5 Å². The molecule has 15 nitrogen and oxygen atoms in total. The van der Waals surface area contributed by atoms with Gasteiger partial charge in [-0.15, -0.1) is 0 Å². The molecular weight excluding hydrogens is 1140 g/mol. The molecule has 85 heavy (non-hydrogen) atoms. The first-order valence-electron chi connectivity index (χ1n) is 28.5. The molecule has 1 unspecified atom stereocenters. The van der Waals surface area contributed by atoms with Crippen LogP contribution in [0.1, 0.15) is 180 Å². The van der Waals surface area contributed by atoms with Crippen molar-refractivity contribution in [2.24, 2.45) is 0 Å². The Morgan fingerprint density at radius 2 is 1.08 bits per heavy atom. The SMILES string of the molecule is CCCCCCCCCCCCC(Oc1ccc(C(C)(C)CC)cc1C(C)(C)CC)C(=O)Nc1ccc(COC(=O)c2cc(C(=O)Nc3ccc4cc(SOO[O-])ccc4c3)cc(C(=O)Nc3ccc4cc(S(=O)(=O)[O-])ccc4c3)c2)cc1.[Na+].[Na+]. The average Bonchev–Trinajstić information content (AvgIpc) is 2.68. The first-order valence-corrected chi connectivity index (χ1v) is 30.7. The average molecular weight is 1210 g/mol. The summed E-state index contributed by atoms with van der Waals surface area (Å²) < 4.78 is 51.9. The van der Waals surface area contributed by atoms with Crippen LogP contribution >= 0.6 is 12.0 Å². The number of anilines is 3. The zero-order valence-electron chi connectivity index (χ0n) is 50.4. The molecule has 0 fully saturated rings. The van der Waals surface area contributed by atoms with Crippen molar-refractivity contribution < 1.29 is 115 Å². The van der Waals surface area contributed by atoms with Crippen LogP contribution in [0.4, 0.5) is 17.1 Å². The molecule has 0 aliphatic heterocycles. The van der Waals surface area contributed by atoms with Gasteiger partial charge < -0.3 is 35.2 Å². The maximum Gasteiger partial charge on any atom is 1.00 e. The Hall–Kier alpha value is -5.12. The second-order valence-electron chi connectivity index (χ2n) is 22.4. The predicted octanol–water partition coefficient (Wildman–Crippen LogP) is 9.07. The largest absolute Gasteiger partial charge is 1.00 e. The molecule has 440 valence electrons. The molecule has 0 heterocycles. The van der Waals surface area contributed by atoms with E-state index in [2.05, 4.69) is 85.9 Å². The van der Waals surface area contributed by atoms with E-state index < -0.39 is 38.9 Å². The molecule has 0 radical (unpaired) electrons. The number of amides is 3. The van der Waals surface area contributed by atoms with Crippen molar-refractivity contribution in [1.29, 1.82) is 0 Å². The normalized spacial score (nSPS) is 12.0. The van der Waals surface area contributed by atoms with Crippen molar-refractivity contribution in [2.75, 3.05) is 16.0 Å². The molecule has 19 heteroatoms. The first-order chi connectivity index (χ1) is 39.7. The van der Waals surface area contributed by atoms with Crippen LogP contribution in [-0.4, -0.2) is 42.8 Å². The molecule has 0 aliphatic rings. The minimum absolute atomic E-state index is 0. The molecule has 0 bridgehead atoms. The topological polar surface area (TPSA) is 222 Å². The Kier molecular flexibility index (Phi) is 27.7. The summed E-state index contributed by atoms with van der Waals surface area (Å²) in [4.78, 5) is 56.4. The minimum Gasteiger partial charge on any atom is -0.744 e. The summed E-state index contributed by atoms with van der Waals surface area (Å²) in [6.07, 6.45) is 13.3. The quantitative estimate of drug-likeness (QED) is 0.00728. The van der Waals surface area contributed by atoms with Gasteiger partial charge in [0.05, 0.1) is 22.5 Å². The van der Waals surface area contributed by atoms with Crippen LogP contribution < -0.4 is 85.1 Å². The Bertz CT molecular complexity index is 3520. The van der Waals surface area contributed by atoms with Crippen molar-refractivity contribution in [3.05, 3.63) is 167 Å². The van der Waals surface area contributed by atoms with Crippen molar-refractivity contribution in [2.45, 2.75) is 165 Å². The molecule has 7 aromatic carbocycles. The van der Waals surface area contributed by atoms with Crippen molar-refractivity contribution in [3.8, 4) is 5.75 Å². The van der Waals surface area contributed by atoms with E-state index in [1.165, 1.54) is 93.0 Å². The summed E-state index contributed by atoms with van der Waals surface area (Å²) in [6, 6.07) is 36.3. The van der Waals surface area contributed by atoms with E-state index in [1.54, 1.807) is 72.8 Å². The van der Waals surface area contributed by atoms with Gasteiger partial charge in [-0.05, 0) is 154 Å². The second-order valence-corrected chi connectivity index (χ2v) is 24.5. The van der Waals surface area contributed by atoms with Crippen molar-refractivity contribution >= 4 is 84.5 Å². The van der Waals surface area contributed by atoms with Crippen molar-refractivity contribution in [3.63, 3.8) is 0 Å². The fourth-order valence-electron chi connectivity index (χ4n) is 9.61. The number of fused-ring (bicyclic) bond motifs is 2. The third kappa shape index (κ3) is 20.5. The van der Waals surface area contributed by atoms with E-state index in [0.29, 0.717) is 50.5 Å². The van der Waals surface area contributed by atoms with Crippen LogP contribution in [0.5, 0.6) is 5.75 Å². The summed E-state index contributed by atoms with van der Waals surface area (Å²) in [5.74, 6) is -1.69. The molecule has 7 aromatic rings. The maximum atomic E-state index is 14.3. The van der Waals surface area contributed by atoms with Crippen LogP contribution in [0.25, 0.3) is 21.5 Å². The van der Waals surface area contributed by atoms with Gasteiger partial charge in [-0.1, -0.05) is 155 Å². The van der Waals surface area contributed by atoms with E-state index in [9.17, 15) is 37.4 Å². The zero-order chi connectivity index (χ0) is 59.7. The third-order valence-corrected chi connectivity index (χ3v) is 16.9. The van der Waals surface area contributed by atoms with Crippen LogP contribution in [0, 0.1) is 0 Å². The summed E-state index contributed by atoms with van der Waals surface area (Å²) in [5.41, 5.74) is 3.76. The van der Waals surface area contributed by atoms with Crippen LogP contribution in [-0.2, 0) is 46.5 Å². The van der Waals surface area contributed by atoms with Gasteiger partial charge in [0.15, 0.2) is 6.10 Å². The monoisotopic (exact) mass is 1210 g/mol. The van der Waals surface area contributed by atoms with Gasteiger partial charge in [-0.3, -0.25) is 19.4 Å². The third-order valence-electron chi connectivity index (χ3n) is 15.5. The fraction of sp³-hybridized carbons (Fsp3) is 0.364. The number of carbonyl (C=O) groups excluding carboxylic acids is 4. The van der Waals surface area contributed by atoms with E-state index in [4.69, 9.17) is 9.47 Å². The molecule has 0 aliphatic carbocycles. The van der Waals surface area contributed by atoms with Crippen LogP contribution in [0.3, 0.4) is 0 Å². The van der Waals surface area contributed by atoms with Gasteiger partial charge in [0.25, 0.3) is 17.7 Å². The first kappa shape index (κ1) is 70.6. The number of carbonyl (C=O) groups is 4. The molecule has 3 N–H and O–H groups in total. The molecular formula is C66H75N3Na2O12S2. The van der Waals surface area contributed by atoms with E-state index in [0.717, 1.165) is 60.5 Å². The summed E-state index contributed by atoms with van der Waals surface area (Å²) in [5, 5.41) is 25.0. The molecule has 7 rings (SSSR count). The van der Waals surface area contributed by atoms with Gasteiger partial charge >= 0.3 is 65.1 Å². The minimum atomic E-state index is -4.70. The van der Waals surface area contributed by atoms with E-state index in [-0.39, 0.29) is 99.1 Å². The number of ether oxygens (including phenoxy) is 2. The predicted molar refractivity (Wildman–Crippen MR) is 324 cm³/mol. The summed E-state index contributed by atoms with van der Waals surface area (Å²) in [6.45, 7) is 15.3. The number of rotatable bonds is 30. The number of benzene rings is 7. The number of esters is 1. The van der Waals surface area contributed by atoms with Crippen molar-refractivity contribution in [1.82, 2.24) is 0 Å². The summed E-state index contributed by atoms with van der Waals surface area (Å²) in [7, 11) is -4.70. The van der Waals surface area contributed by atoms with Crippen LogP contribution in [0.2, 0.25) is 0 Å². The Morgan fingerprint density at radius 1 is 0.565 bits per heavy atom. The molecule has 1 atom stereocenters. The molecule has 0 aromatic heterocycles. The van der Waals surface area contributed by atoms with E-state index >= 15 is 0 Å². The maximum absolute atomic E-state index is 14.3. The molecule has 3 amide bonds. The Balaban J connectivity index is 0.00000660. The van der Waals surface area contributed by atoms with Gasteiger partial charge in [0.2, 0.25) is 0 Å². The smallest absolute Gasteiger partial charge is 0.744 e. The van der Waals surface area contributed by atoms with Gasteiger partial charge in [-0.25, -0.2) is 13.2 Å². The molecule has 0 saturated carbocycles. The second kappa shape index (κ2) is 33.3. The number of hydrogen-bond donors (Lipinski definition) is 3. The zero-order valence-corrected chi connectivity index (χ0v) is 56.0.